The smallest absolute Gasteiger partial charge is 0.134 e. The van der Waals surface area contributed by atoms with Crippen molar-refractivity contribution in [3.8, 4) is 0 Å². The van der Waals surface area contributed by atoms with Gasteiger partial charge in [0.25, 0.3) is 0 Å². The summed E-state index contributed by atoms with van der Waals surface area (Å²) in [5.74, 6) is 1.63. The molecule has 3 N–H and O–H groups in total. The van der Waals surface area contributed by atoms with Gasteiger partial charge in [0.15, 0.2) is 0 Å². The Balaban J connectivity index is 2.84. The van der Waals surface area contributed by atoms with Crippen LogP contribution in [0.2, 0.25) is 0 Å². The van der Waals surface area contributed by atoms with E-state index < -0.39 is 5.60 Å². The molecule has 5 heteroatoms. The highest BCUT2D eigenvalue weighted by molar-refractivity contribution is 5.57. The van der Waals surface area contributed by atoms with E-state index >= 15 is 0 Å². The fourth-order valence-corrected chi connectivity index (χ4v) is 1.51. The molecule has 0 aliphatic rings. The predicted octanol–water partition coefficient (Wildman–Crippen LogP) is 1.65. The van der Waals surface area contributed by atoms with E-state index in [1.165, 1.54) is 6.33 Å². The zero-order valence-corrected chi connectivity index (χ0v) is 11.0. The Morgan fingerprint density at radius 1 is 1.29 bits per heavy atom. The minimum Gasteiger partial charge on any atom is -0.388 e. The molecule has 0 bridgehead atoms. The van der Waals surface area contributed by atoms with Crippen molar-refractivity contribution in [2.45, 2.75) is 39.2 Å². The van der Waals surface area contributed by atoms with Crippen molar-refractivity contribution in [2.24, 2.45) is 0 Å². The van der Waals surface area contributed by atoms with Gasteiger partial charge in [-0.3, -0.25) is 0 Å². The molecule has 0 saturated carbocycles. The summed E-state index contributed by atoms with van der Waals surface area (Å²) in [6, 6.07) is 0. The monoisotopic (exact) mass is 238 g/mol. The number of hydrogen-bond donors (Lipinski definition) is 3. The highest BCUT2D eigenvalue weighted by Crippen LogP contribution is 2.20. The van der Waals surface area contributed by atoms with Crippen LogP contribution in [0.4, 0.5) is 11.6 Å². The molecule has 17 heavy (non-hydrogen) atoms. The van der Waals surface area contributed by atoms with Gasteiger partial charge in [-0.2, -0.15) is 0 Å². The summed E-state index contributed by atoms with van der Waals surface area (Å²) < 4.78 is 0. The van der Waals surface area contributed by atoms with Gasteiger partial charge >= 0.3 is 0 Å². The van der Waals surface area contributed by atoms with Crippen molar-refractivity contribution >= 4 is 11.6 Å². The van der Waals surface area contributed by atoms with Gasteiger partial charge in [0, 0.05) is 19.2 Å². The van der Waals surface area contributed by atoms with E-state index in [1.54, 1.807) is 0 Å². The first-order chi connectivity index (χ1) is 8.04. The number of nitrogens with one attached hydrogen (secondary N) is 2. The Bertz CT molecular complexity index is 366. The number of anilines is 2. The van der Waals surface area contributed by atoms with Gasteiger partial charge < -0.3 is 15.7 Å². The summed E-state index contributed by atoms with van der Waals surface area (Å²) >= 11 is 0. The van der Waals surface area contributed by atoms with Crippen molar-refractivity contribution in [1.82, 2.24) is 9.97 Å². The van der Waals surface area contributed by atoms with Gasteiger partial charge in [-0.05, 0) is 19.8 Å². The Hall–Kier alpha value is -1.36. The maximum atomic E-state index is 9.95. The summed E-state index contributed by atoms with van der Waals surface area (Å²) in [5.41, 5.74) is 0.331. The minimum absolute atomic E-state index is 0.483. The zero-order valence-electron chi connectivity index (χ0n) is 11.0. The molecule has 1 aromatic rings. The molecule has 0 aromatic carbocycles. The normalized spacial score (nSPS) is 14.2. The number of hydrogen-bond acceptors (Lipinski definition) is 5. The van der Waals surface area contributed by atoms with Gasteiger partial charge in [-0.25, -0.2) is 9.97 Å². The molecule has 0 fully saturated rings. The maximum Gasteiger partial charge on any atom is 0.134 e. The van der Waals surface area contributed by atoms with E-state index in [9.17, 15) is 5.11 Å². The summed E-state index contributed by atoms with van der Waals surface area (Å²) in [6.45, 7) is 6.31. The zero-order chi connectivity index (χ0) is 12.9. The molecular formula is C12H22N4O. The molecule has 1 atom stereocenters. The van der Waals surface area contributed by atoms with Crippen LogP contribution >= 0.6 is 0 Å². The third-order valence-corrected chi connectivity index (χ3v) is 2.93. The van der Waals surface area contributed by atoms with E-state index in [0.717, 1.165) is 23.6 Å². The standard InChI is InChI=1S/C12H22N4O/c1-5-9-10(13-4)15-8-16-11(9)14-7-12(3,17)6-2/h8,17H,5-7H2,1-4H3,(H2,13,14,15,16). The Morgan fingerprint density at radius 3 is 2.47 bits per heavy atom. The molecule has 0 aliphatic carbocycles. The van der Waals surface area contributed by atoms with Gasteiger partial charge in [-0.15, -0.1) is 0 Å². The molecule has 0 saturated heterocycles. The Morgan fingerprint density at radius 2 is 1.94 bits per heavy atom. The Kier molecular flexibility index (Phi) is 4.69. The topological polar surface area (TPSA) is 70.1 Å². The summed E-state index contributed by atoms with van der Waals surface area (Å²) in [6.07, 6.45) is 3.06. The number of nitrogens with zero attached hydrogens (tertiary/aromatic N) is 2. The second-order valence-corrected chi connectivity index (χ2v) is 4.36. The van der Waals surface area contributed by atoms with Crippen LogP contribution in [-0.4, -0.2) is 34.3 Å². The average molecular weight is 238 g/mol. The quantitative estimate of drug-likeness (QED) is 0.703. The molecule has 5 nitrogen and oxygen atoms in total. The largest absolute Gasteiger partial charge is 0.388 e. The van der Waals surface area contributed by atoms with Gasteiger partial charge in [0.1, 0.15) is 18.0 Å². The van der Waals surface area contributed by atoms with Crippen LogP contribution in [0.3, 0.4) is 0 Å². The van der Waals surface area contributed by atoms with E-state index in [2.05, 4.69) is 27.5 Å². The lowest BCUT2D eigenvalue weighted by atomic mass is 10.0. The number of aliphatic hydroxyl groups is 1. The third kappa shape index (κ3) is 3.56. The summed E-state index contributed by atoms with van der Waals surface area (Å²) in [4.78, 5) is 8.39. The van der Waals surface area contributed by atoms with Gasteiger partial charge in [0.05, 0.1) is 5.60 Å². The lowest BCUT2D eigenvalue weighted by Gasteiger charge is -2.23. The predicted molar refractivity (Wildman–Crippen MR) is 70.4 cm³/mol. The van der Waals surface area contributed by atoms with Crippen LogP contribution in [-0.2, 0) is 6.42 Å². The first-order valence-corrected chi connectivity index (χ1v) is 6.02. The highest BCUT2D eigenvalue weighted by Gasteiger charge is 2.18. The molecule has 1 aromatic heterocycles. The summed E-state index contributed by atoms with van der Waals surface area (Å²) in [5, 5.41) is 16.2. The second kappa shape index (κ2) is 5.82. The molecule has 0 aliphatic heterocycles. The fourth-order valence-electron chi connectivity index (χ4n) is 1.51. The molecule has 1 heterocycles. The van der Waals surface area contributed by atoms with Crippen molar-refractivity contribution in [3.05, 3.63) is 11.9 Å². The van der Waals surface area contributed by atoms with E-state index in [-0.39, 0.29) is 0 Å². The Labute approximate surface area is 103 Å². The van der Waals surface area contributed by atoms with Crippen LogP contribution in [0.5, 0.6) is 0 Å². The van der Waals surface area contributed by atoms with Crippen molar-refractivity contribution < 1.29 is 5.11 Å². The lowest BCUT2D eigenvalue weighted by Crippen LogP contribution is -2.33. The molecule has 96 valence electrons. The van der Waals surface area contributed by atoms with E-state index in [0.29, 0.717) is 13.0 Å². The second-order valence-electron chi connectivity index (χ2n) is 4.36. The lowest BCUT2D eigenvalue weighted by molar-refractivity contribution is 0.0696. The van der Waals surface area contributed by atoms with E-state index in [1.807, 2.05) is 20.9 Å². The fraction of sp³-hybridized carbons (Fsp3) is 0.667. The van der Waals surface area contributed by atoms with Gasteiger partial charge in [0.2, 0.25) is 0 Å². The molecule has 0 amide bonds. The average Bonchev–Trinajstić information content (AvgIpc) is 2.35. The minimum atomic E-state index is -0.713. The van der Waals surface area contributed by atoms with Crippen LogP contribution in [0.25, 0.3) is 0 Å². The third-order valence-electron chi connectivity index (χ3n) is 2.93. The van der Waals surface area contributed by atoms with Crippen LogP contribution in [0.1, 0.15) is 32.8 Å². The maximum absolute atomic E-state index is 9.95. The van der Waals surface area contributed by atoms with E-state index in [4.69, 9.17) is 0 Å². The first kappa shape index (κ1) is 13.7. The molecule has 1 rings (SSSR count). The van der Waals surface area contributed by atoms with Crippen molar-refractivity contribution in [1.29, 1.82) is 0 Å². The molecule has 1 unspecified atom stereocenters. The van der Waals surface area contributed by atoms with Crippen LogP contribution in [0, 0.1) is 0 Å². The van der Waals surface area contributed by atoms with Gasteiger partial charge in [-0.1, -0.05) is 13.8 Å². The van der Waals surface area contributed by atoms with Crippen LogP contribution < -0.4 is 10.6 Å². The van der Waals surface area contributed by atoms with Crippen molar-refractivity contribution in [2.75, 3.05) is 24.2 Å². The van der Waals surface area contributed by atoms with Crippen molar-refractivity contribution in [3.63, 3.8) is 0 Å². The molecule has 0 spiro atoms. The number of aromatic nitrogens is 2. The highest BCUT2D eigenvalue weighted by atomic mass is 16.3. The number of rotatable bonds is 6. The van der Waals surface area contributed by atoms with Crippen LogP contribution in [0.15, 0.2) is 6.33 Å². The SMILES string of the molecule is CCc1c(NC)ncnc1NCC(C)(O)CC. The summed E-state index contributed by atoms with van der Waals surface area (Å²) in [7, 11) is 1.84. The first-order valence-electron chi connectivity index (χ1n) is 6.02. The molecular weight excluding hydrogens is 216 g/mol. The molecule has 0 radical (unpaired) electrons.